The molecule has 2 aromatic rings. The van der Waals surface area contributed by atoms with Gasteiger partial charge in [-0.25, -0.2) is 9.59 Å². The van der Waals surface area contributed by atoms with E-state index in [0.29, 0.717) is 29.7 Å². The molecule has 1 aliphatic heterocycles. The summed E-state index contributed by atoms with van der Waals surface area (Å²) in [7, 11) is 0. The summed E-state index contributed by atoms with van der Waals surface area (Å²) in [5.41, 5.74) is 4.32. The number of amides is 4. The fourth-order valence-electron chi connectivity index (χ4n) is 5.46. The first kappa shape index (κ1) is 23.3. The predicted molar refractivity (Wildman–Crippen MR) is 127 cm³/mol. The number of carbonyl (C=O) groups excluding carboxylic acids is 4. The standard InChI is InChI=1S/C26H30N4O5/c1-16-11-13-26(14-12-16)24(33)30(25(34)28-26)29-21(31)15-35-23(32)22-17-7-3-2-4-9-19(17)27-20-10-6-5-8-18(20)22/h5-6,8,10,16H,2-4,7,9,11-15H2,1H3,(H,28,34)(H,29,31). The number of hydrazine groups is 1. The van der Waals surface area contributed by atoms with Crippen LogP contribution in [0.25, 0.3) is 10.9 Å². The number of pyridine rings is 1. The number of esters is 1. The Labute approximate surface area is 203 Å². The lowest BCUT2D eigenvalue weighted by atomic mass is 9.77. The van der Waals surface area contributed by atoms with Gasteiger partial charge in [-0.05, 0) is 68.9 Å². The number of carbonyl (C=O) groups is 4. The molecule has 5 rings (SSSR count). The summed E-state index contributed by atoms with van der Waals surface area (Å²) in [5, 5.41) is 4.17. The van der Waals surface area contributed by atoms with Gasteiger partial charge in [0.15, 0.2) is 6.61 Å². The summed E-state index contributed by atoms with van der Waals surface area (Å²) < 4.78 is 5.39. The Morgan fingerprint density at radius 2 is 1.89 bits per heavy atom. The number of rotatable bonds is 4. The molecule has 2 N–H and O–H groups in total. The minimum atomic E-state index is -0.957. The van der Waals surface area contributed by atoms with Crippen LogP contribution in [0.5, 0.6) is 0 Å². The van der Waals surface area contributed by atoms with Crippen molar-refractivity contribution >= 4 is 34.7 Å². The summed E-state index contributed by atoms with van der Waals surface area (Å²) in [6, 6.07) is 6.76. The van der Waals surface area contributed by atoms with Crippen molar-refractivity contribution < 1.29 is 23.9 Å². The number of ether oxygens (including phenoxy) is 1. The SMILES string of the molecule is CC1CCC2(CC1)NC(=O)N(NC(=O)COC(=O)c1c3c(nc4ccccc14)CCCCC3)C2=O. The second-order valence-electron chi connectivity index (χ2n) is 9.94. The maximum absolute atomic E-state index is 13.2. The van der Waals surface area contributed by atoms with E-state index in [2.05, 4.69) is 17.7 Å². The average molecular weight is 479 g/mol. The molecule has 9 heteroatoms. The molecule has 0 radical (unpaired) electrons. The molecule has 0 unspecified atom stereocenters. The number of nitrogens with zero attached hydrogens (tertiary/aromatic N) is 2. The van der Waals surface area contributed by atoms with Crippen molar-refractivity contribution in [1.29, 1.82) is 0 Å². The van der Waals surface area contributed by atoms with Crippen LogP contribution >= 0.6 is 0 Å². The van der Waals surface area contributed by atoms with E-state index >= 15 is 0 Å². The van der Waals surface area contributed by atoms with Crippen LogP contribution in [0.3, 0.4) is 0 Å². The molecule has 1 aromatic heterocycles. The van der Waals surface area contributed by atoms with Crippen LogP contribution in [-0.4, -0.2) is 46.0 Å². The van der Waals surface area contributed by atoms with Crippen molar-refractivity contribution in [3.8, 4) is 0 Å². The molecular weight excluding hydrogens is 448 g/mol. The van der Waals surface area contributed by atoms with Gasteiger partial charge in [0.1, 0.15) is 5.54 Å². The Bertz CT molecular complexity index is 1200. The average Bonchev–Trinajstić information content (AvgIpc) is 3.00. The Morgan fingerprint density at radius 3 is 2.69 bits per heavy atom. The first-order chi connectivity index (χ1) is 16.9. The molecule has 1 saturated carbocycles. The van der Waals surface area contributed by atoms with Crippen molar-refractivity contribution in [3.05, 3.63) is 41.1 Å². The zero-order chi connectivity index (χ0) is 24.6. The second kappa shape index (κ2) is 9.28. The molecule has 184 valence electrons. The van der Waals surface area contributed by atoms with E-state index in [1.54, 1.807) is 0 Å². The van der Waals surface area contributed by atoms with E-state index in [-0.39, 0.29) is 0 Å². The Hall–Kier alpha value is -3.49. The largest absolute Gasteiger partial charge is 0.452 e. The van der Waals surface area contributed by atoms with Crippen molar-refractivity contribution in [2.75, 3.05) is 6.61 Å². The van der Waals surface area contributed by atoms with Gasteiger partial charge in [-0.15, -0.1) is 0 Å². The molecular formula is C26H30N4O5. The van der Waals surface area contributed by atoms with Crippen LogP contribution < -0.4 is 10.7 Å². The van der Waals surface area contributed by atoms with Crippen LogP contribution in [0.4, 0.5) is 4.79 Å². The molecule has 1 saturated heterocycles. The number of nitrogens with one attached hydrogen (secondary N) is 2. The van der Waals surface area contributed by atoms with Gasteiger partial charge >= 0.3 is 12.0 Å². The number of hydrogen-bond donors (Lipinski definition) is 2. The molecule has 0 atom stereocenters. The normalized spacial score (nSPS) is 24.1. The van der Waals surface area contributed by atoms with Crippen molar-refractivity contribution in [3.63, 3.8) is 0 Å². The highest BCUT2D eigenvalue weighted by molar-refractivity contribution is 6.08. The fraction of sp³-hybridized carbons (Fsp3) is 0.500. The minimum Gasteiger partial charge on any atom is -0.452 e. The van der Waals surface area contributed by atoms with Gasteiger partial charge in [0.05, 0.1) is 11.1 Å². The monoisotopic (exact) mass is 478 g/mol. The van der Waals surface area contributed by atoms with E-state index in [9.17, 15) is 19.2 Å². The van der Waals surface area contributed by atoms with Crippen LogP contribution in [0, 0.1) is 5.92 Å². The lowest BCUT2D eigenvalue weighted by molar-refractivity contribution is -0.141. The van der Waals surface area contributed by atoms with Crippen LogP contribution in [0.15, 0.2) is 24.3 Å². The van der Waals surface area contributed by atoms with E-state index in [1.807, 2.05) is 24.3 Å². The van der Waals surface area contributed by atoms with Crippen LogP contribution in [-0.2, 0) is 27.2 Å². The number of para-hydroxylation sites is 1. The van der Waals surface area contributed by atoms with Gasteiger partial charge in [0.2, 0.25) is 0 Å². The summed E-state index contributed by atoms with van der Waals surface area (Å²) in [4.78, 5) is 55.9. The number of fused-ring (bicyclic) bond motifs is 2. The quantitative estimate of drug-likeness (QED) is 0.396. The van der Waals surface area contributed by atoms with E-state index in [4.69, 9.17) is 9.72 Å². The van der Waals surface area contributed by atoms with Gasteiger partial charge in [-0.1, -0.05) is 31.5 Å². The maximum atomic E-state index is 13.2. The third-order valence-corrected chi connectivity index (χ3v) is 7.48. The van der Waals surface area contributed by atoms with Crippen molar-refractivity contribution in [2.24, 2.45) is 5.92 Å². The van der Waals surface area contributed by atoms with E-state index in [1.165, 1.54) is 0 Å². The molecule has 2 heterocycles. The van der Waals surface area contributed by atoms with E-state index < -0.39 is 36.0 Å². The zero-order valence-corrected chi connectivity index (χ0v) is 19.9. The molecule has 3 aliphatic rings. The summed E-state index contributed by atoms with van der Waals surface area (Å²) >= 11 is 0. The number of aryl methyl sites for hydroxylation is 1. The lowest BCUT2D eigenvalue weighted by Gasteiger charge is -2.33. The summed E-state index contributed by atoms with van der Waals surface area (Å²) in [6.07, 6.45) is 7.31. The third-order valence-electron chi connectivity index (χ3n) is 7.48. The fourth-order valence-corrected chi connectivity index (χ4v) is 5.46. The number of benzene rings is 1. The minimum absolute atomic E-state index is 0.450. The molecule has 9 nitrogen and oxygen atoms in total. The number of hydrogen-bond acceptors (Lipinski definition) is 6. The topological polar surface area (TPSA) is 118 Å². The van der Waals surface area contributed by atoms with Gasteiger partial charge in [-0.2, -0.15) is 5.01 Å². The smallest absolute Gasteiger partial charge is 0.344 e. The molecule has 4 amide bonds. The number of aromatic nitrogens is 1. The summed E-state index contributed by atoms with van der Waals surface area (Å²) in [5.74, 6) is -1.31. The molecule has 1 spiro atoms. The van der Waals surface area contributed by atoms with Crippen LogP contribution in [0.1, 0.15) is 73.5 Å². The van der Waals surface area contributed by atoms with Crippen molar-refractivity contribution in [1.82, 2.24) is 20.7 Å². The highest BCUT2D eigenvalue weighted by Crippen LogP contribution is 2.36. The molecule has 0 bridgehead atoms. The second-order valence-corrected chi connectivity index (χ2v) is 9.94. The van der Waals surface area contributed by atoms with Crippen molar-refractivity contribution in [2.45, 2.75) is 70.3 Å². The first-order valence-electron chi connectivity index (χ1n) is 12.4. The van der Waals surface area contributed by atoms with Gasteiger partial charge in [-0.3, -0.25) is 20.0 Å². The maximum Gasteiger partial charge on any atom is 0.344 e. The molecule has 1 aromatic carbocycles. The highest BCUT2D eigenvalue weighted by Gasteiger charge is 2.52. The number of urea groups is 1. The van der Waals surface area contributed by atoms with Gasteiger partial charge in [0.25, 0.3) is 11.8 Å². The lowest BCUT2D eigenvalue weighted by Crippen LogP contribution is -2.52. The number of imide groups is 1. The highest BCUT2D eigenvalue weighted by atomic mass is 16.5. The predicted octanol–water partition coefficient (Wildman–Crippen LogP) is 3.19. The molecule has 2 fully saturated rings. The summed E-state index contributed by atoms with van der Waals surface area (Å²) in [6.45, 7) is 1.51. The Kier molecular flexibility index (Phi) is 6.17. The Balaban J connectivity index is 1.29. The van der Waals surface area contributed by atoms with Crippen LogP contribution in [0.2, 0.25) is 0 Å². The Morgan fingerprint density at radius 1 is 1.14 bits per heavy atom. The third kappa shape index (κ3) is 4.35. The van der Waals surface area contributed by atoms with Gasteiger partial charge in [0, 0.05) is 11.1 Å². The van der Waals surface area contributed by atoms with E-state index in [0.717, 1.165) is 66.7 Å². The van der Waals surface area contributed by atoms with Gasteiger partial charge < -0.3 is 10.1 Å². The molecule has 35 heavy (non-hydrogen) atoms. The zero-order valence-electron chi connectivity index (χ0n) is 19.9. The molecule has 2 aliphatic carbocycles. The first-order valence-corrected chi connectivity index (χ1v) is 12.4.